The summed E-state index contributed by atoms with van der Waals surface area (Å²) in [5.41, 5.74) is -0.128. The van der Waals surface area contributed by atoms with Crippen LogP contribution in [0.2, 0.25) is 5.02 Å². The van der Waals surface area contributed by atoms with Crippen LogP contribution in [0.15, 0.2) is 28.7 Å². The van der Waals surface area contributed by atoms with Gasteiger partial charge in [-0.1, -0.05) is 39.9 Å². The molecule has 0 aliphatic heterocycles. The van der Waals surface area contributed by atoms with Gasteiger partial charge in [0.15, 0.2) is 0 Å². The molecule has 0 fully saturated rings. The number of aromatic nitrogens is 5. The number of aromatic hydroxyl groups is 1. The van der Waals surface area contributed by atoms with Gasteiger partial charge in [0.05, 0.1) is 30.5 Å². The predicted octanol–water partition coefficient (Wildman–Crippen LogP) is 1.09. The minimum absolute atomic E-state index is 0.0797. The van der Waals surface area contributed by atoms with Crippen molar-refractivity contribution in [1.29, 1.82) is 0 Å². The number of rotatable bonds is 11. The highest BCUT2D eigenvalue weighted by Gasteiger charge is 2.30. The number of hydrogen-bond donors (Lipinski definition) is 4. The van der Waals surface area contributed by atoms with E-state index in [0.29, 0.717) is 16.3 Å². The van der Waals surface area contributed by atoms with Gasteiger partial charge in [-0.05, 0) is 13.0 Å². The topological polar surface area (TPSA) is 167 Å². The lowest BCUT2D eigenvalue weighted by Crippen LogP contribution is -2.39. The molecule has 3 heterocycles. The van der Waals surface area contributed by atoms with Crippen molar-refractivity contribution in [3.8, 4) is 16.6 Å². The molecule has 35 heavy (non-hydrogen) atoms. The van der Waals surface area contributed by atoms with Gasteiger partial charge < -0.3 is 30.1 Å². The molecule has 0 aromatic carbocycles. The summed E-state index contributed by atoms with van der Waals surface area (Å²) in [4.78, 5) is 22.4. The van der Waals surface area contributed by atoms with E-state index in [1.54, 1.807) is 25.7 Å². The van der Waals surface area contributed by atoms with E-state index in [1.165, 1.54) is 28.8 Å². The van der Waals surface area contributed by atoms with Crippen molar-refractivity contribution >= 4 is 40.6 Å². The van der Waals surface area contributed by atoms with Crippen LogP contribution in [0.5, 0.6) is 5.19 Å². The highest BCUT2D eigenvalue weighted by atomic mass is 35.5. The van der Waals surface area contributed by atoms with Crippen molar-refractivity contribution in [2.45, 2.75) is 42.1 Å². The lowest BCUT2D eigenvalue weighted by Gasteiger charge is -2.29. The van der Waals surface area contributed by atoms with Gasteiger partial charge in [-0.2, -0.15) is 0 Å². The van der Waals surface area contributed by atoms with Gasteiger partial charge in [0.2, 0.25) is 0 Å². The van der Waals surface area contributed by atoms with E-state index < -0.39 is 30.4 Å². The number of nitrogens with zero attached hydrogens (tertiary/aromatic N) is 6. The number of thioether (sulfide) groups is 1. The lowest BCUT2D eigenvalue weighted by atomic mass is 10.2. The van der Waals surface area contributed by atoms with E-state index in [4.69, 9.17) is 16.3 Å². The van der Waals surface area contributed by atoms with E-state index in [0.717, 1.165) is 23.1 Å². The zero-order chi connectivity index (χ0) is 25.7. The largest absolute Gasteiger partial charge is 0.486 e. The number of carbonyl (C=O) groups excluding carboxylic acids is 1. The second kappa shape index (κ2) is 12.1. The van der Waals surface area contributed by atoms with Crippen LogP contribution in [0.4, 0.5) is 0 Å². The molecule has 190 valence electrons. The molecule has 3 aromatic rings. The van der Waals surface area contributed by atoms with Crippen molar-refractivity contribution in [1.82, 2.24) is 29.9 Å². The summed E-state index contributed by atoms with van der Waals surface area (Å²) in [5, 5.41) is 49.9. The molecule has 3 aromatic heterocycles. The van der Waals surface area contributed by atoms with Crippen molar-refractivity contribution in [2.24, 2.45) is 0 Å². The smallest absolute Gasteiger partial charge is 0.273 e. The van der Waals surface area contributed by atoms with Crippen molar-refractivity contribution in [3.05, 3.63) is 34.6 Å². The number of hydrogen-bond acceptors (Lipinski definition) is 12. The number of carbonyl (C=O) groups is 1. The molecule has 4 N–H and O–H groups in total. The second-order valence-corrected chi connectivity index (χ2v) is 10.1. The van der Waals surface area contributed by atoms with Gasteiger partial charge in [-0.15, -0.1) is 5.10 Å². The first kappa shape index (κ1) is 27.3. The van der Waals surface area contributed by atoms with Crippen LogP contribution >= 0.6 is 34.7 Å². The summed E-state index contributed by atoms with van der Waals surface area (Å²) in [7, 11) is 3.16. The van der Waals surface area contributed by atoms with Crippen LogP contribution in [0.3, 0.4) is 0 Å². The average Bonchev–Trinajstić information content (AvgIpc) is 3.44. The molecule has 12 nitrogen and oxygen atoms in total. The molecule has 2 unspecified atom stereocenters. The van der Waals surface area contributed by atoms with Crippen LogP contribution in [0, 0.1) is 0 Å². The highest BCUT2D eigenvalue weighted by molar-refractivity contribution is 8.00. The second-order valence-electron chi connectivity index (χ2n) is 7.69. The van der Waals surface area contributed by atoms with Crippen molar-refractivity contribution in [2.75, 3.05) is 20.7 Å². The van der Waals surface area contributed by atoms with Gasteiger partial charge in [0.1, 0.15) is 34.7 Å². The Kier molecular flexibility index (Phi) is 9.40. The lowest BCUT2D eigenvalue weighted by molar-refractivity contribution is -0.0972. The maximum absolute atomic E-state index is 12.6. The summed E-state index contributed by atoms with van der Waals surface area (Å²) in [6, 6.07) is 1.53. The first-order chi connectivity index (χ1) is 16.6. The summed E-state index contributed by atoms with van der Waals surface area (Å²) in [6.45, 7) is 0.868. The Hall–Kier alpha value is -2.33. The number of pyridine rings is 1. The molecule has 0 saturated heterocycles. The van der Waals surface area contributed by atoms with Crippen LogP contribution in [-0.2, 0) is 11.3 Å². The fourth-order valence-electron chi connectivity index (χ4n) is 2.85. The molecule has 1 amide bonds. The molecule has 0 aliphatic carbocycles. The highest BCUT2D eigenvalue weighted by Crippen LogP contribution is 2.33. The molecule has 0 saturated carbocycles. The third kappa shape index (κ3) is 7.10. The van der Waals surface area contributed by atoms with Crippen LogP contribution < -0.4 is 0 Å². The molecule has 0 aliphatic rings. The minimum Gasteiger partial charge on any atom is -0.486 e. The summed E-state index contributed by atoms with van der Waals surface area (Å²) >= 11 is 8.13. The molecular formula is C20H25ClN6O6S2. The van der Waals surface area contributed by atoms with Crippen molar-refractivity contribution in [3.63, 3.8) is 0 Å². The number of thiazole rings is 1. The van der Waals surface area contributed by atoms with Crippen LogP contribution in [0.25, 0.3) is 11.4 Å². The minimum atomic E-state index is -1.23. The van der Waals surface area contributed by atoms with Crippen LogP contribution in [0.1, 0.15) is 17.4 Å². The number of aliphatic hydroxyl groups excluding tert-OH is 3. The van der Waals surface area contributed by atoms with E-state index in [2.05, 4.69) is 20.3 Å². The molecular weight excluding hydrogens is 520 g/mol. The molecule has 0 radical (unpaired) electrons. The fraction of sp³-hybridized carbons (Fsp3) is 0.450. The number of halogens is 1. The molecule has 3 rings (SSSR count). The standard InChI is InChI=1S/C20H25ClN6O6S2/c1-10(29)15(8-28)33-19(35-16-4-11(21)5-22-17(16)18(31)26(2)3)14(30)7-27-6-12(24-25-27)13-9-34-20(32)23-13/h4-6,9-10,14-15,19,28-30H,7-8H2,1-3H3,(H,23,32)/t10-,14+,15?,19?/m1/s1. The molecule has 0 spiro atoms. The van der Waals surface area contributed by atoms with Gasteiger partial charge in [0.25, 0.3) is 11.1 Å². The van der Waals surface area contributed by atoms with Gasteiger partial charge >= 0.3 is 0 Å². The van der Waals surface area contributed by atoms with E-state index in [1.807, 2.05) is 0 Å². The van der Waals surface area contributed by atoms with Crippen molar-refractivity contribution < 1.29 is 30.0 Å². The first-order valence-corrected chi connectivity index (χ1v) is 12.4. The Morgan fingerprint density at radius 3 is 2.69 bits per heavy atom. The summed E-state index contributed by atoms with van der Waals surface area (Å²) < 4.78 is 7.21. The van der Waals surface area contributed by atoms with E-state index in [9.17, 15) is 25.2 Å². The first-order valence-electron chi connectivity index (χ1n) is 10.3. The average molecular weight is 545 g/mol. The number of amides is 1. The normalized spacial score (nSPS) is 14.9. The molecule has 0 bridgehead atoms. The molecule has 4 atom stereocenters. The maximum Gasteiger partial charge on any atom is 0.273 e. The maximum atomic E-state index is 12.6. The Morgan fingerprint density at radius 2 is 2.09 bits per heavy atom. The van der Waals surface area contributed by atoms with E-state index in [-0.39, 0.29) is 28.4 Å². The van der Waals surface area contributed by atoms with Gasteiger partial charge in [0, 0.05) is 30.6 Å². The third-order valence-corrected chi connectivity index (χ3v) is 6.75. The quantitative estimate of drug-likeness (QED) is 0.201. The van der Waals surface area contributed by atoms with Gasteiger partial charge in [-0.3, -0.25) is 4.79 Å². The zero-order valence-electron chi connectivity index (χ0n) is 19.0. The Balaban J connectivity index is 1.87. The monoisotopic (exact) mass is 544 g/mol. The molecule has 15 heteroatoms. The third-order valence-electron chi connectivity index (χ3n) is 4.68. The Morgan fingerprint density at radius 1 is 1.34 bits per heavy atom. The SMILES string of the molecule is C[C@@H](O)C(CO)OC(Sc1cc(Cl)cnc1C(=O)N(C)C)[C@@H](O)Cn1cc(-c2csc(O)n2)nn1. The number of aliphatic hydroxyl groups is 3. The predicted molar refractivity (Wildman–Crippen MR) is 129 cm³/mol. The summed E-state index contributed by atoms with van der Waals surface area (Å²) in [6.07, 6.45) is -0.390. The van der Waals surface area contributed by atoms with Crippen LogP contribution in [-0.4, -0.2) is 101 Å². The number of ether oxygens (including phenoxy) is 1. The Bertz CT molecular complexity index is 1140. The zero-order valence-corrected chi connectivity index (χ0v) is 21.4. The van der Waals surface area contributed by atoms with E-state index >= 15 is 0 Å². The van der Waals surface area contributed by atoms with Gasteiger partial charge in [-0.25, -0.2) is 14.6 Å². The fourth-order valence-corrected chi connectivity index (χ4v) is 4.75. The summed E-state index contributed by atoms with van der Waals surface area (Å²) in [5.74, 6) is -0.376. The Labute approximate surface area is 214 Å².